The molecular formula is C18H17ClN2O5. The normalized spacial score (nSPS) is 10.1. The topological polar surface area (TPSA) is 108 Å². The first kappa shape index (κ1) is 19.3. The lowest BCUT2D eigenvalue weighted by molar-refractivity contribution is -0.119. The van der Waals surface area contributed by atoms with Gasteiger partial charge in [-0.2, -0.15) is 0 Å². The second-order valence-corrected chi connectivity index (χ2v) is 5.57. The Bertz CT molecular complexity index is 821. The average Bonchev–Trinajstić information content (AvgIpc) is 2.62. The van der Waals surface area contributed by atoms with Crippen LogP contribution in [0.25, 0.3) is 0 Å². The minimum atomic E-state index is -0.693. The zero-order valence-corrected chi connectivity index (χ0v) is 14.7. The van der Waals surface area contributed by atoms with Gasteiger partial charge in [0.1, 0.15) is 0 Å². The van der Waals surface area contributed by atoms with Gasteiger partial charge in [-0.25, -0.2) is 9.59 Å². The molecule has 0 aliphatic heterocycles. The zero-order valence-electron chi connectivity index (χ0n) is 14.0. The lowest BCUT2D eigenvalue weighted by Crippen LogP contribution is -2.21. The van der Waals surface area contributed by atoms with Crippen LogP contribution in [0, 0.1) is 0 Å². The van der Waals surface area contributed by atoms with Gasteiger partial charge in [0.05, 0.1) is 28.4 Å². The van der Waals surface area contributed by atoms with Crippen LogP contribution in [-0.4, -0.2) is 31.1 Å². The van der Waals surface area contributed by atoms with Crippen molar-refractivity contribution >= 4 is 40.8 Å². The number of carbonyl (C=O) groups is 3. The van der Waals surface area contributed by atoms with Crippen molar-refractivity contribution in [1.29, 1.82) is 0 Å². The maximum atomic E-state index is 11.9. The Balaban J connectivity index is 1.87. The molecule has 0 saturated carbocycles. The number of hydrogen-bond acceptors (Lipinski definition) is 6. The summed E-state index contributed by atoms with van der Waals surface area (Å²) in [6, 6.07) is 10.4. The van der Waals surface area contributed by atoms with Crippen LogP contribution < -0.4 is 11.1 Å². The number of amides is 1. The van der Waals surface area contributed by atoms with E-state index in [0.29, 0.717) is 16.3 Å². The molecule has 0 fully saturated rings. The standard InChI is InChI=1S/C18H17ClN2O5/c1-2-25-17(23)11-3-6-13(7-4-11)21-16(22)10-26-18(24)12-5-8-14(19)15(20)9-12/h3-9H,2,10,20H2,1H3,(H,21,22). The van der Waals surface area contributed by atoms with E-state index >= 15 is 0 Å². The van der Waals surface area contributed by atoms with Gasteiger partial charge in [0.2, 0.25) is 0 Å². The summed E-state index contributed by atoms with van der Waals surface area (Å²) in [5.74, 6) is -1.66. The minimum absolute atomic E-state index is 0.193. The van der Waals surface area contributed by atoms with Gasteiger partial charge < -0.3 is 20.5 Å². The van der Waals surface area contributed by atoms with E-state index in [2.05, 4.69) is 5.32 Å². The van der Waals surface area contributed by atoms with E-state index < -0.39 is 24.5 Å². The lowest BCUT2D eigenvalue weighted by Gasteiger charge is -2.08. The van der Waals surface area contributed by atoms with Crippen LogP contribution in [0.4, 0.5) is 11.4 Å². The first-order valence-electron chi connectivity index (χ1n) is 7.70. The average molecular weight is 377 g/mol. The second-order valence-electron chi connectivity index (χ2n) is 5.16. The Labute approximate surface area is 155 Å². The zero-order chi connectivity index (χ0) is 19.1. The fourth-order valence-corrected chi connectivity index (χ4v) is 2.10. The number of halogens is 1. The monoisotopic (exact) mass is 376 g/mol. The van der Waals surface area contributed by atoms with Crippen LogP contribution in [-0.2, 0) is 14.3 Å². The number of nitrogens with one attached hydrogen (secondary N) is 1. The summed E-state index contributed by atoms with van der Waals surface area (Å²) in [6.07, 6.45) is 0. The Morgan fingerprint density at radius 1 is 1.00 bits per heavy atom. The highest BCUT2D eigenvalue weighted by molar-refractivity contribution is 6.33. The molecule has 0 saturated heterocycles. The molecule has 3 N–H and O–H groups in total. The number of benzene rings is 2. The number of esters is 2. The van der Waals surface area contributed by atoms with Gasteiger partial charge in [-0.1, -0.05) is 11.6 Å². The highest BCUT2D eigenvalue weighted by atomic mass is 35.5. The molecule has 0 aliphatic carbocycles. The molecule has 2 aromatic rings. The fraction of sp³-hybridized carbons (Fsp3) is 0.167. The number of nitrogen functional groups attached to an aromatic ring is 1. The van der Waals surface area contributed by atoms with Crippen molar-refractivity contribution in [3.63, 3.8) is 0 Å². The van der Waals surface area contributed by atoms with Crippen LogP contribution in [0.5, 0.6) is 0 Å². The largest absolute Gasteiger partial charge is 0.462 e. The summed E-state index contributed by atoms with van der Waals surface area (Å²) >= 11 is 5.78. The van der Waals surface area contributed by atoms with E-state index in [9.17, 15) is 14.4 Å². The molecule has 0 heterocycles. The molecule has 2 aromatic carbocycles. The van der Waals surface area contributed by atoms with Gasteiger partial charge in [0.25, 0.3) is 5.91 Å². The third kappa shape index (κ3) is 5.22. The van der Waals surface area contributed by atoms with Crippen molar-refractivity contribution in [3.8, 4) is 0 Å². The van der Waals surface area contributed by atoms with Crippen molar-refractivity contribution in [2.45, 2.75) is 6.92 Å². The summed E-state index contributed by atoms with van der Waals surface area (Å²) in [6.45, 7) is 1.52. The highest BCUT2D eigenvalue weighted by Crippen LogP contribution is 2.20. The van der Waals surface area contributed by atoms with E-state index in [1.165, 1.54) is 30.3 Å². The van der Waals surface area contributed by atoms with E-state index in [0.717, 1.165) is 0 Å². The number of nitrogens with two attached hydrogens (primary N) is 1. The molecule has 8 heteroatoms. The summed E-state index contributed by atoms with van der Waals surface area (Å²) in [5.41, 5.74) is 6.88. The molecular weight excluding hydrogens is 360 g/mol. The molecule has 26 heavy (non-hydrogen) atoms. The molecule has 0 unspecified atom stereocenters. The van der Waals surface area contributed by atoms with Gasteiger partial charge in [-0.3, -0.25) is 4.79 Å². The Morgan fingerprint density at radius 3 is 2.23 bits per heavy atom. The first-order valence-corrected chi connectivity index (χ1v) is 8.07. The first-order chi connectivity index (χ1) is 12.4. The van der Waals surface area contributed by atoms with Crippen molar-refractivity contribution in [1.82, 2.24) is 0 Å². The molecule has 7 nitrogen and oxygen atoms in total. The Kier molecular flexibility index (Phi) is 6.57. The van der Waals surface area contributed by atoms with Crippen LogP contribution >= 0.6 is 11.6 Å². The summed E-state index contributed by atoms with van der Waals surface area (Å²) in [7, 11) is 0. The molecule has 0 aromatic heterocycles. The number of ether oxygens (including phenoxy) is 2. The van der Waals surface area contributed by atoms with Crippen LogP contribution in [0.2, 0.25) is 5.02 Å². The molecule has 0 bridgehead atoms. The van der Waals surface area contributed by atoms with Crippen LogP contribution in [0.3, 0.4) is 0 Å². The summed E-state index contributed by atoms with van der Waals surface area (Å²) < 4.78 is 9.80. The van der Waals surface area contributed by atoms with E-state index in [-0.39, 0.29) is 17.9 Å². The Morgan fingerprint density at radius 2 is 1.62 bits per heavy atom. The van der Waals surface area contributed by atoms with Gasteiger partial charge >= 0.3 is 11.9 Å². The third-order valence-electron chi connectivity index (χ3n) is 3.25. The second kappa shape index (κ2) is 8.87. The molecule has 2 rings (SSSR count). The van der Waals surface area contributed by atoms with Crippen molar-refractivity contribution in [3.05, 3.63) is 58.6 Å². The van der Waals surface area contributed by atoms with E-state index in [1.807, 2.05) is 0 Å². The lowest BCUT2D eigenvalue weighted by atomic mass is 10.2. The van der Waals surface area contributed by atoms with Gasteiger partial charge in [0, 0.05) is 5.69 Å². The summed E-state index contributed by atoms with van der Waals surface area (Å²) in [5, 5.41) is 2.88. The number of anilines is 2. The fourth-order valence-electron chi connectivity index (χ4n) is 1.99. The number of hydrogen-bond donors (Lipinski definition) is 2. The molecule has 0 atom stereocenters. The van der Waals surface area contributed by atoms with Crippen molar-refractivity contribution in [2.75, 3.05) is 24.3 Å². The molecule has 0 radical (unpaired) electrons. The molecule has 1 amide bonds. The smallest absolute Gasteiger partial charge is 0.338 e. The highest BCUT2D eigenvalue weighted by Gasteiger charge is 2.12. The molecule has 136 valence electrons. The van der Waals surface area contributed by atoms with E-state index in [4.69, 9.17) is 26.8 Å². The minimum Gasteiger partial charge on any atom is -0.462 e. The quantitative estimate of drug-likeness (QED) is 0.592. The molecule has 0 spiro atoms. The van der Waals surface area contributed by atoms with Gasteiger partial charge in [-0.05, 0) is 49.4 Å². The third-order valence-corrected chi connectivity index (χ3v) is 3.59. The Hall–Kier alpha value is -3.06. The van der Waals surface area contributed by atoms with Crippen molar-refractivity contribution in [2.24, 2.45) is 0 Å². The number of rotatable bonds is 6. The molecule has 0 aliphatic rings. The van der Waals surface area contributed by atoms with E-state index in [1.54, 1.807) is 19.1 Å². The predicted octanol–water partition coefficient (Wildman–Crippen LogP) is 2.89. The number of carbonyl (C=O) groups excluding carboxylic acids is 3. The maximum Gasteiger partial charge on any atom is 0.338 e. The van der Waals surface area contributed by atoms with Gasteiger partial charge in [0.15, 0.2) is 6.61 Å². The van der Waals surface area contributed by atoms with Gasteiger partial charge in [-0.15, -0.1) is 0 Å². The SMILES string of the molecule is CCOC(=O)c1ccc(NC(=O)COC(=O)c2ccc(Cl)c(N)c2)cc1. The van der Waals surface area contributed by atoms with Crippen LogP contribution in [0.15, 0.2) is 42.5 Å². The van der Waals surface area contributed by atoms with Crippen molar-refractivity contribution < 1.29 is 23.9 Å². The predicted molar refractivity (Wildman–Crippen MR) is 97.2 cm³/mol. The van der Waals surface area contributed by atoms with Crippen LogP contribution in [0.1, 0.15) is 27.6 Å². The maximum absolute atomic E-state index is 11.9. The summed E-state index contributed by atoms with van der Waals surface area (Å²) in [4.78, 5) is 35.3.